The Hall–Kier alpha value is -1.39. The first-order valence-corrected chi connectivity index (χ1v) is 6.51. The van der Waals surface area contributed by atoms with Crippen LogP contribution in [0.4, 0.5) is 0 Å². The van der Waals surface area contributed by atoms with Crippen LogP contribution in [-0.2, 0) is 4.79 Å². The van der Waals surface area contributed by atoms with Crippen LogP contribution in [0.2, 0.25) is 0 Å². The SMILES string of the molecule is O=C(N[C@@H]1C[C@@H]1c1ccccc1)[C@H]1C[C@H](O)CN1. The van der Waals surface area contributed by atoms with E-state index in [2.05, 4.69) is 22.8 Å². The number of hydrogen-bond donors (Lipinski definition) is 3. The molecule has 1 amide bonds. The molecular weight excluding hydrogens is 228 g/mol. The summed E-state index contributed by atoms with van der Waals surface area (Å²) in [4.78, 5) is 11.9. The zero-order chi connectivity index (χ0) is 12.5. The van der Waals surface area contributed by atoms with Crippen LogP contribution in [0.25, 0.3) is 0 Å². The maximum atomic E-state index is 11.9. The number of aliphatic hydroxyl groups is 1. The predicted molar refractivity (Wildman–Crippen MR) is 68.1 cm³/mol. The van der Waals surface area contributed by atoms with Crippen molar-refractivity contribution in [1.29, 1.82) is 0 Å². The Morgan fingerprint density at radius 2 is 2.06 bits per heavy atom. The van der Waals surface area contributed by atoms with Crippen molar-refractivity contribution >= 4 is 5.91 Å². The lowest BCUT2D eigenvalue weighted by molar-refractivity contribution is -0.123. The molecule has 0 aromatic heterocycles. The molecule has 1 aliphatic heterocycles. The number of rotatable bonds is 3. The number of benzene rings is 1. The number of carbonyl (C=O) groups is 1. The largest absolute Gasteiger partial charge is 0.392 e. The molecule has 1 heterocycles. The fourth-order valence-corrected chi connectivity index (χ4v) is 2.62. The van der Waals surface area contributed by atoms with Crippen molar-refractivity contribution in [2.45, 2.75) is 36.9 Å². The van der Waals surface area contributed by atoms with Crippen molar-refractivity contribution < 1.29 is 9.90 Å². The van der Waals surface area contributed by atoms with Crippen molar-refractivity contribution in [2.24, 2.45) is 0 Å². The van der Waals surface area contributed by atoms with E-state index in [9.17, 15) is 9.90 Å². The van der Waals surface area contributed by atoms with E-state index in [0.717, 1.165) is 6.42 Å². The average Bonchev–Trinajstić information content (AvgIpc) is 3.01. The molecule has 4 atom stereocenters. The van der Waals surface area contributed by atoms with E-state index in [0.29, 0.717) is 18.9 Å². The van der Waals surface area contributed by atoms with Gasteiger partial charge in [0.1, 0.15) is 0 Å². The van der Waals surface area contributed by atoms with E-state index in [1.807, 2.05) is 18.2 Å². The summed E-state index contributed by atoms with van der Waals surface area (Å²) in [5.74, 6) is 0.483. The Morgan fingerprint density at radius 3 is 2.72 bits per heavy atom. The average molecular weight is 246 g/mol. The minimum absolute atomic E-state index is 0.0231. The van der Waals surface area contributed by atoms with Crippen LogP contribution in [0.3, 0.4) is 0 Å². The Morgan fingerprint density at radius 1 is 1.28 bits per heavy atom. The predicted octanol–water partition coefficient (Wildman–Crippen LogP) is 0.381. The Labute approximate surface area is 106 Å². The van der Waals surface area contributed by atoms with Gasteiger partial charge in [-0.3, -0.25) is 4.79 Å². The molecule has 0 bridgehead atoms. The molecule has 3 N–H and O–H groups in total. The second-order valence-electron chi connectivity index (χ2n) is 5.22. The van der Waals surface area contributed by atoms with E-state index >= 15 is 0 Å². The van der Waals surface area contributed by atoms with Crippen LogP contribution in [0.1, 0.15) is 24.3 Å². The van der Waals surface area contributed by atoms with Gasteiger partial charge in [0.15, 0.2) is 0 Å². The maximum absolute atomic E-state index is 11.9. The number of aliphatic hydroxyl groups excluding tert-OH is 1. The van der Waals surface area contributed by atoms with Gasteiger partial charge in [0.05, 0.1) is 12.1 Å². The molecular formula is C14H18N2O2. The molecule has 1 aromatic rings. The summed E-state index contributed by atoms with van der Waals surface area (Å²) in [6.07, 6.45) is 1.16. The van der Waals surface area contributed by atoms with Gasteiger partial charge < -0.3 is 15.7 Å². The Balaban J connectivity index is 1.52. The van der Waals surface area contributed by atoms with Gasteiger partial charge in [0, 0.05) is 18.5 Å². The van der Waals surface area contributed by atoms with Crippen LogP contribution < -0.4 is 10.6 Å². The molecule has 1 aromatic carbocycles. The highest BCUT2D eigenvalue weighted by Gasteiger charge is 2.41. The minimum Gasteiger partial charge on any atom is -0.392 e. The molecule has 0 spiro atoms. The van der Waals surface area contributed by atoms with Gasteiger partial charge in [0.25, 0.3) is 0 Å². The number of carbonyl (C=O) groups excluding carboxylic acids is 1. The lowest BCUT2D eigenvalue weighted by Gasteiger charge is -2.10. The Bertz CT molecular complexity index is 435. The molecule has 1 saturated carbocycles. The minimum atomic E-state index is -0.384. The fourth-order valence-electron chi connectivity index (χ4n) is 2.62. The van der Waals surface area contributed by atoms with Gasteiger partial charge >= 0.3 is 0 Å². The third-order valence-corrected chi connectivity index (χ3v) is 3.77. The molecule has 0 radical (unpaired) electrons. The maximum Gasteiger partial charge on any atom is 0.237 e. The number of nitrogens with one attached hydrogen (secondary N) is 2. The van der Waals surface area contributed by atoms with E-state index in [1.165, 1.54) is 5.56 Å². The molecule has 4 nitrogen and oxygen atoms in total. The second-order valence-corrected chi connectivity index (χ2v) is 5.22. The van der Waals surface area contributed by atoms with E-state index in [4.69, 9.17) is 0 Å². The first-order chi connectivity index (χ1) is 8.74. The van der Waals surface area contributed by atoms with Crippen molar-refractivity contribution in [3.63, 3.8) is 0 Å². The normalized spacial score (nSPS) is 34.3. The fraction of sp³-hybridized carbons (Fsp3) is 0.500. The van der Waals surface area contributed by atoms with Gasteiger partial charge in [-0.1, -0.05) is 30.3 Å². The summed E-state index contributed by atoms with van der Waals surface area (Å²) in [6, 6.07) is 10.3. The molecule has 96 valence electrons. The van der Waals surface area contributed by atoms with E-state index in [1.54, 1.807) is 0 Å². The van der Waals surface area contributed by atoms with Crippen LogP contribution in [0.5, 0.6) is 0 Å². The van der Waals surface area contributed by atoms with Crippen LogP contribution in [-0.4, -0.2) is 35.7 Å². The molecule has 3 rings (SSSR count). The first kappa shape index (κ1) is 11.7. The van der Waals surface area contributed by atoms with E-state index in [-0.39, 0.29) is 24.1 Å². The topological polar surface area (TPSA) is 61.4 Å². The van der Waals surface area contributed by atoms with Crippen molar-refractivity contribution in [1.82, 2.24) is 10.6 Å². The number of hydrogen-bond acceptors (Lipinski definition) is 3. The number of β-amino-alcohol motifs (C(OH)–C–C–N with tert-alkyl or cyclic N) is 1. The molecule has 4 heteroatoms. The molecule has 1 aliphatic carbocycles. The van der Waals surface area contributed by atoms with Gasteiger partial charge in [-0.15, -0.1) is 0 Å². The van der Waals surface area contributed by atoms with Crippen LogP contribution in [0, 0.1) is 0 Å². The third kappa shape index (κ3) is 2.40. The van der Waals surface area contributed by atoms with Crippen molar-refractivity contribution in [2.75, 3.05) is 6.54 Å². The lowest BCUT2D eigenvalue weighted by atomic mass is 10.1. The summed E-state index contributed by atoms with van der Waals surface area (Å²) in [6.45, 7) is 0.519. The zero-order valence-corrected chi connectivity index (χ0v) is 10.2. The van der Waals surface area contributed by atoms with Gasteiger partial charge in [-0.25, -0.2) is 0 Å². The molecule has 2 aliphatic rings. The number of amides is 1. The van der Waals surface area contributed by atoms with Gasteiger partial charge in [-0.2, -0.15) is 0 Å². The smallest absolute Gasteiger partial charge is 0.237 e. The highest BCUT2D eigenvalue weighted by atomic mass is 16.3. The monoisotopic (exact) mass is 246 g/mol. The van der Waals surface area contributed by atoms with E-state index < -0.39 is 0 Å². The van der Waals surface area contributed by atoms with Crippen molar-refractivity contribution in [3.05, 3.63) is 35.9 Å². The van der Waals surface area contributed by atoms with Gasteiger partial charge in [-0.05, 0) is 18.4 Å². The first-order valence-electron chi connectivity index (χ1n) is 6.51. The zero-order valence-electron chi connectivity index (χ0n) is 10.2. The summed E-state index contributed by atoms with van der Waals surface area (Å²) in [5, 5.41) is 15.5. The van der Waals surface area contributed by atoms with Crippen LogP contribution in [0.15, 0.2) is 30.3 Å². The summed E-state index contributed by atoms with van der Waals surface area (Å²) >= 11 is 0. The quantitative estimate of drug-likeness (QED) is 0.722. The molecule has 2 fully saturated rings. The molecule has 0 unspecified atom stereocenters. The summed E-state index contributed by atoms with van der Waals surface area (Å²) < 4.78 is 0. The van der Waals surface area contributed by atoms with Crippen molar-refractivity contribution in [3.8, 4) is 0 Å². The lowest BCUT2D eigenvalue weighted by Crippen LogP contribution is -2.41. The highest BCUT2D eigenvalue weighted by molar-refractivity contribution is 5.83. The summed E-state index contributed by atoms with van der Waals surface area (Å²) in [7, 11) is 0. The molecule has 18 heavy (non-hydrogen) atoms. The third-order valence-electron chi connectivity index (χ3n) is 3.77. The van der Waals surface area contributed by atoms with Gasteiger partial charge in [0.2, 0.25) is 5.91 Å². The van der Waals surface area contributed by atoms with Crippen LogP contribution >= 0.6 is 0 Å². The molecule has 1 saturated heterocycles. The Kier molecular flexibility index (Phi) is 3.06. The highest BCUT2D eigenvalue weighted by Crippen LogP contribution is 2.40. The summed E-state index contributed by atoms with van der Waals surface area (Å²) in [5.41, 5.74) is 1.29. The standard InChI is InChI=1S/C14H18N2O2/c17-10-6-13(15-8-10)14(18)16-12-7-11(12)9-4-2-1-3-5-9/h1-5,10-13,15,17H,6-8H2,(H,16,18)/t10-,11+,12+,13+/m0/s1. The second kappa shape index (κ2) is 4.71.